The van der Waals surface area contributed by atoms with E-state index in [1.54, 1.807) is 18.5 Å². The second-order valence-corrected chi connectivity index (χ2v) is 4.49. The summed E-state index contributed by atoms with van der Waals surface area (Å²) in [5, 5.41) is 16.8. The molecular weight excluding hydrogens is 246 g/mol. The molecule has 1 N–H and O–H groups in total. The van der Waals surface area contributed by atoms with E-state index in [2.05, 4.69) is 20.1 Å². The fraction of sp³-hybridized carbons (Fsp3) is 0.333. The van der Waals surface area contributed by atoms with Gasteiger partial charge in [-0.05, 0) is 12.1 Å². The van der Waals surface area contributed by atoms with Crippen LogP contribution in [-0.2, 0) is 19.6 Å². The van der Waals surface area contributed by atoms with Crippen molar-refractivity contribution in [3.05, 3.63) is 41.7 Å². The molecule has 3 rings (SSSR count). The highest BCUT2D eigenvalue weighted by Crippen LogP contribution is 2.12. The molecule has 2 aromatic heterocycles. The van der Waals surface area contributed by atoms with Gasteiger partial charge in [0.1, 0.15) is 12.2 Å². The van der Waals surface area contributed by atoms with Gasteiger partial charge in [-0.15, -0.1) is 10.2 Å². The van der Waals surface area contributed by atoms with Gasteiger partial charge in [-0.2, -0.15) is 0 Å². The maximum Gasteiger partial charge on any atom is 0.337 e. The van der Waals surface area contributed by atoms with Crippen LogP contribution in [0.4, 0.5) is 0 Å². The summed E-state index contributed by atoms with van der Waals surface area (Å²) in [5.41, 5.74) is 1.07. The minimum absolute atomic E-state index is 0.210. The van der Waals surface area contributed by atoms with Crippen molar-refractivity contribution in [1.29, 1.82) is 0 Å². The minimum atomic E-state index is -0.954. The van der Waals surface area contributed by atoms with E-state index in [1.165, 1.54) is 6.20 Å². The maximum atomic E-state index is 10.7. The van der Waals surface area contributed by atoms with E-state index in [9.17, 15) is 4.79 Å². The first-order valence-electron chi connectivity index (χ1n) is 5.99. The molecule has 98 valence electrons. The number of carbonyl (C=O) groups is 1. The molecule has 7 nitrogen and oxygen atoms in total. The Morgan fingerprint density at radius 2 is 2.26 bits per heavy atom. The molecule has 0 bridgehead atoms. The molecule has 0 fully saturated rings. The van der Waals surface area contributed by atoms with Gasteiger partial charge in [-0.3, -0.25) is 9.88 Å². The van der Waals surface area contributed by atoms with Crippen LogP contribution in [0.2, 0.25) is 0 Å². The molecule has 0 aromatic carbocycles. The summed E-state index contributed by atoms with van der Waals surface area (Å²) in [4.78, 5) is 17.1. The number of aromatic nitrogens is 4. The third kappa shape index (κ3) is 2.45. The highest BCUT2D eigenvalue weighted by Gasteiger charge is 2.17. The predicted molar refractivity (Wildman–Crippen MR) is 65.3 cm³/mol. The van der Waals surface area contributed by atoms with Gasteiger partial charge >= 0.3 is 5.97 Å². The Morgan fingerprint density at radius 1 is 1.37 bits per heavy atom. The zero-order valence-corrected chi connectivity index (χ0v) is 10.2. The first kappa shape index (κ1) is 11.8. The molecule has 19 heavy (non-hydrogen) atoms. The Balaban J connectivity index is 1.68. The van der Waals surface area contributed by atoms with Gasteiger partial charge in [0.25, 0.3) is 0 Å². The topological polar surface area (TPSA) is 84.1 Å². The Labute approximate surface area is 109 Å². The quantitative estimate of drug-likeness (QED) is 0.858. The van der Waals surface area contributed by atoms with Crippen molar-refractivity contribution in [2.75, 3.05) is 6.54 Å². The van der Waals surface area contributed by atoms with E-state index in [0.29, 0.717) is 6.54 Å². The molecule has 0 saturated heterocycles. The average Bonchev–Trinajstić information content (AvgIpc) is 2.87. The van der Waals surface area contributed by atoms with Crippen molar-refractivity contribution < 1.29 is 9.90 Å². The summed E-state index contributed by atoms with van der Waals surface area (Å²) in [6.07, 6.45) is 3.14. The summed E-state index contributed by atoms with van der Waals surface area (Å²) in [7, 11) is 0. The number of hydrogen-bond donors (Lipinski definition) is 1. The Morgan fingerprint density at radius 3 is 3.00 bits per heavy atom. The summed E-state index contributed by atoms with van der Waals surface area (Å²) in [5.74, 6) is -0.00136. The van der Waals surface area contributed by atoms with Crippen molar-refractivity contribution in [2.45, 2.75) is 19.6 Å². The van der Waals surface area contributed by atoms with Crippen LogP contribution in [0.1, 0.15) is 21.9 Å². The van der Waals surface area contributed by atoms with E-state index in [1.807, 2.05) is 4.57 Å². The zero-order chi connectivity index (χ0) is 13.2. The Bertz CT molecular complexity index is 592. The minimum Gasteiger partial charge on any atom is -0.478 e. The second-order valence-electron chi connectivity index (χ2n) is 4.49. The number of hydrogen-bond acceptors (Lipinski definition) is 5. The molecule has 2 aromatic rings. The lowest BCUT2D eigenvalue weighted by Crippen LogP contribution is -2.33. The van der Waals surface area contributed by atoms with Gasteiger partial charge in [-0.1, -0.05) is 0 Å². The highest BCUT2D eigenvalue weighted by atomic mass is 16.4. The summed E-state index contributed by atoms with van der Waals surface area (Å²) >= 11 is 0. The van der Waals surface area contributed by atoms with E-state index in [-0.39, 0.29) is 5.56 Å². The first-order chi connectivity index (χ1) is 9.22. The number of fused-ring (bicyclic) bond motifs is 1. The summed E-state index contributed by atoms with van der Waals surface area (Å²) in [6, 6.07) is 3.33. The van der Waals surface area contributed by atoms with Crippen LogP contribution in [0, 0.1) is 0 Å². The van der Waals surface area contributed by atoms with Gasteiger partial charge in [0, 0.05) is 25.8 Å². The number of aromatic carboxylic acids is 1. The van der Waals surface area contributed by atoms with Crippen molar-refractivity contribution >= 4 is 5.97 Å². The third-order valence-electron chi connectivity index (χ3n) is 3.18. The molecule has 1 aliphatic rings. The number of carboxylic acids is 1. The van der Waals surface area contributed by atoms with Gasteiger partial charge in [-0.25, -0.2) is 4.79 Å². The predicted octanol–water partition coefficient (Wildman–Crippen LogP) is 0.387. The van der Waals surface area contributed by atoms with Gasteiger partial charge in [0.15, 0.2) is 0 Å². The average molecular weight is 259 g/mol. The van der Waals surface area contributed by atoms with Crippen LogP contribution in [0.25, 0.3) is 0 Å². The lowest BCUT2D eigenvalue weighted by Gasteiger charge is -2.26. The lowest BCUT2D eigenvalue weighted by molar-refractivity contribution is 0.0696. The fourth-order valence-corrected chi connectivity index (χ4v) is 2.12. The van der Waals surface area contributed by atoms with Crippen LogP contribution >= 0.6 is 0 Å². The van der Waals surface area contributed by atoms with E-state index in [0.717, 1.165) is 31.2 Å². The fourth-order valence-electron chi connectivity index (χ4n) is 2.12. The van der Waals surface area contributed by atoms with Crippen molar-refractivity contribution in [1.82, 2.24) is 24.6 Å². The van der Waals surface area contributed by atoms with E-state index in [4.69, 9.17) is 5.11 Å². The van der Waals surface area contributed by atoms with Crippen LogP contribution in [0.5, 0.6) is 0 Å². The maximum absolute atomic E-state index is 10.7. The molecule has 3 heterocycles. The van der Waals surface area contributed by atoms with Crippen LogP contribution in [-0.4, -0.2) is 42.3 Å². The van der Waals surface area contributed by atoms with E-state index < -0.39 is 5.97 Å². The van der Waals surface area contributed by atoms with Crippen LogP contribution in [0.15, 0.2) is 24.7 Å². The van der Waals surface area contributed by atoms with Crippen LogP contribution < -0.4 is 0 Å². The molecule has 0 amide bonds. The molecule has 7 heteroatoms. The Hall–Kier alpha value is -2.28. The van der Waals surface area contributed by atoms with E-state index >= 15 is 0 Å². The van der Waals surface area contributed by atoms with Crippen molar-refractivity contribution in [3.8, 4) is 0 Å². The van der Waals surface area contributed by atoms with Crippen molar-refractivity contribution in [3.63, 3.8) is 0 Å². The number of rotatable bonds is 3. The second kappa shape index (κ2) is 4.77. The SMILES string of the molecule is O=C(O)c1ccc(CN2CCn3cnnc3C2)nc1. The molecule has 0 spiro atoms. The van der Waals surface area contributed by atoms with Crippen LogP contribution in [0.3, 0.4) is 0 Å². The highest BCUT2D eigenvalue weighted by molar-refractivity contribution is 5.87. The number of carboxylic acid groups (broad SMARTS) is 1. The molecule has 0 saturated carbocycles. The van der Waals surface area contributed by atoms with Gasteiger partial charge < -0.3 is 9.67 Å². The molecule has 0 radical (unpaired) electrons. The summed E-state index contributed by atoms with van der Waals surface area (Å²) in [6.45, 7) is 3.21. The number of nitrogens with zero attached hydrogens (tertiary/aromatic N) is 5. The standard InChI is InChI=1S/C12H13N5O2/c18-12(19)9-1-2-10(13-5-9)6-16-3-4-17-8-14-15-11(17)7-16/h1-2,5,8H,3-4,6-7H2,(H,18,19). The summed E-state index contributed by atoms with van der Waals surface area (Å²) < 4.78 is 2.04. The first-order valence-corrected chi connectivity index (χ1v) is 5.99. The molecular formula is C12H13N5O2. The molecule has 1 aliphatic heterocycles. The normalized spacial score (nSPS) is 15.2. The molecule has 0 atom stereocenters. The smallest absolute Gasteiger partial charge is 0.337 e. The monoisotopic (exact) mass is 259 g/mol. The largest absolute Gasteiger partial charge is 0.478 e. The molecule has 0 unspecified atom stereocenters. The number of pyridine rings is 1. The third-order valence-corrected chi connectivity index (χ3v) is 3.18. The lowest BCUT2D eigenvalue weighted by atomic mass is 10.2. The Kier molecular flexibility index (Phi) is 2.96. The van der Waals surface area contributed by atoms with Gasteiger partial charge in [0.05, 0.1) is 17.8 Å². The zero-order valence-electron chi connectivity index (χ0n) is 10.2. The van der Waals surface area contributed by atoms with Gasteiger partial charge in [0.2, 0.25) is 0 Å². The molecule has 0 aliphatic carbocycles. The van der Waals surface area contributed by atoms with Crippen molar-refractivity contribution in [2.24, 2.45) is 0 Å².